The van der Waals surface area contributed by atoms with Crippen LogP contribution in [0.2, 0.25) is 30.1 Å². The fourth-order valence-corrected chi connectivity index (χ4v) is 3.03. The number of halogens is 6. The van der Waals surface area contributed by atoms with Gasteiger partial charge in [0.05, 0.1) is 20.1 Å². The fourth-order valence-electron chi connectivity index (χ4n) is 1.74. The molecular weight excluding hydrogens is 401 g/mol. The lowest BCUT2D eigenvalue weighted by molar-refractivity contribution is 0.463. The van der Waals surface area contributed by atoms with Crippen molar-refractivity contribution in [2.24, 2.45) is 0 Å². The summed E-state index contributed by atoms with van der Waals surface area (Å²) in [4.78, 5) is 0. The molecule has 0 aliphatic carbocycles. The maximum Gasteiger partial charge on any atom is 0.139 e. The van der Waals surface area contributed by atoms with Crippen LogP contribution in [0.5, 0.6) is 11.5 Å². The number of phenols is 2. The Morgan fingerprint density at radius 3 is 1.29 bits per heavy atom. The van der Waals surface area contributed by atoms with Gasteiger partial charge in [-0.2, -0.15) is 0 Å². The number of hydrogen-bond donors (Lipinski definition) is 2. The van der Waals surface area contributed by atoms with E-state index in [0.29, 0.717) is 11.1 Å². The van der Waals surface area contributed by atoms with Crippen LogP contribution in [-0.2, 0) is 6.42 Å². The Labute approximate surface area is 150 Å². The predicted octanol–water partition coefficient (Wildman–Crippen LogP) is 6.61. The normalized spacial score (nSPS) is 11.0. The Kier molecular flexibility index (Phi) is 5.30. The molecule has 0 fully saturated rings. The number of hydrogen-bond acceptors (Lipinski definition) is 2. The van der Waals surface area contributed by atoms with Gasteiger partial charge < -0.3 is 10.2 Å². The van der Waals surface area contributed by atoms with Crippen LogP contribution in [0.1, 0.15) is 11.1 Å². The molecule has 0 atom stereocenters. The van der Waals surface area contributed by atoms with Gasteiger partial charge in [0.1, 0.15) is 21.5 Å². The molecule has 0 heterocycles. The van der Waals surface area contributed by atoms with Crippen LogP contribution < -0.4 is 0 Å². The van der Waals surface area contributed by atoms with E-state index in [1.165, 1.54) is 12.1 Å². The summed E-state index contributed by atoms with van der Waals surface area (Å²) in [7, 11) is 0. The summed E-state index contributed by atoms with van der Waals surface area (Å²) in [5.74, 6) is -0.458. The van der Waals surface area contributed by atoms with Crippen molar-refractivity contribution < 1.29 is 10.2 Å². The lowest BCUT2D eigenvalue weighted by Crippen LogP contribution is -1.93. The van der Waals surface area contributed by atoms with E-state index in [-0.39, 0.29) is 48.1 Å². The second kappa shape index (κ2) is 6.49. The quantitative estimate of drug-likeness (QED) is 0.551. The Bertz CT molecular complexity index is 668. The molecule has 2 aromatic carbocycles. The Morgan fingerprint density at radius 1 is 0.619 bits per heavy atom. The van der Waals surface area contributed by atoms with Crippen LogP contribution in [-0.4, -0.2) is 10.2 Å². The van der Waals surface area contributed by atoms with Crippen molar-refractivity contribution in [3.8, 4) is 11.5 Å². The zero-order chi connectivity index (χ0) is 15.9. The maximum absolute atomic E-state index is 10.00. The van der Waals surface area contributed by atoms with Crippen molar-refractivity contribution in [3.63, 3.8) is 0 Å². The lowest BCUT2D eigenvalue weighted by atomic mass is 10.0. The first kappa shape index (κ1) is 17.1. The van der Waals surface area contributed by atoms with Gasteiger partial charge in [-0.15, -0.1) is 0 Å². The first-order valence-electron chi connectivity index (χ1n) is 5.44. The van der Waals surface area contributed by atoms with E-state index in [4.69, 9.17) is 69.6 Å². The van der Waals surface area contributed by atoms with Crippen molar-refractivity contribution in [2.45, 2.75) is 6.42 Å². The van der Waals surface area contributed by atoms with Crippen LogP contribution in [0, 0.1) is 0 Å². The number of rotatable bonds is 2. The molecule has 2 nitrogen and oxygen atoms in total. The molecule has 0 aliphatic heterocycles. The summed E-state index contributed by atoms with van der Waals surface area (Å²) in [6, 6.07) is 2.89. The summed E-state index contributed by atoms with van der Waals surface area (Å²) in [5, 5.41) is 20.3. The number of aromatic hydroxyl groups is 2. The summed E-state index contributed by atoms with van der Waals surface area (Å²) >= 11 is 35.3. The summed E-state index contributed by atoms with van der Waals surface area (Å²) in [6.07, 6.45) is 0.0882. The molecule has 0 aromatic heterocycles. The Hall–Kier alpha value is -0.220. The third-order valence-corrected chi connectivity index (χ3v) is 5.32. The van der Waals surface area contributed by atoms with Gasteiger partial charge in [0.15, 0.2) is 0 Å². The van der Waals surface area contributed by atoms with E-state index in [1.54, 1.807) is 0 Å². The van der Waals surface area contributed by atoms with E-state index in [0.717, 1.165) is 0 Å². The zero-order valence-electron chi connectivity index (χ0n) is 10.0. The van der Waals surface area contributed by atoms with Gasteiger partial charge in [-0.1, -0.05) is 69.6 Å². The van der Waals surface area contributed by atoms with Crippen molar-refractivity contribution >= 4 is 69.6 Å². The highest BCUT2D eigenvalue weighted by Crippen LogP contribution is 2.43. The molecule has 2 N–H and O–H groups in total. The molecule has 0 unspecified atom stereocenters. The van der Waals surface area contributed by atoms with Gasteiger partial charge in [0, 0.05) is 17.5 Å². The largest absolute Gasteiger partial charge is 0.506 e. The second-order valence-electron chi connectivity index (χ2n) is 4.16. The summed E-state index contributed by atoms with van der Waals surface area (Å²) in [5.41, 5.74) is 0.721. The first-order chi connectivity index (χ1) is 9.73. The molecule has 112 valence electrons. The van der Waals surface area contributed by atoms with E-state index in [9.17, 15) is 10.2 Å². The zero-order valence-corrected chi connectivity index (χ0v) is 14.6. The van der Waals surface area contributed by atoms with Gasteiger partial charge in [-0.3, -0.25) is 0 Å². The van der Waals surface area contributed by atoms with Crippen LogP contribution >= 0.6 is 69.6 Å². The standard InChI is InChI=1S/C13H6Cl6O2/c14-6-2-4(12(20)10(18)8(6)16)1-5-3-7(15)9(17)11(19)13(5)21/h2-3,20-21H,1H2. The molecule has 0 bridgehead atoms. The molecule has 21 heavy (non-hydrogen) atoms. The molecule has 8 heteroatoms. The molecule has 0 aliphatic rings. The monoisotopic (exact) mass is 404 g/mol. The van der Waals surface area contributed by atoms with Crippen LogP contribution in [0.25, 0.3) is 0 Å². The predicted molar refractivity (Wildman–Crippen MR) is 89.1 cm³/mol. The fraction of sp³-hybridized carbons (Fsp3) is 0.0769. The third kappa shape index (κ3) is 3.26. The minimum absolute atomic E-state index is 0.0518. The van der Waals surface area contributed by atoms with Crippen LogP contribution in [0.4, 0.5) is 0 Å². The highest BCUT2D eigenvalue weighted by atomic mass is 35.5. The van der Waals surface area contributed by atoms with Crippen LogP contribution in [0.15, 0.2) is 12.1 Å². The van der Waals surface area contributed by atoms with E-state index >= 15 is 0 Å². The summed E-state index contributed by atoms with van der Waals surface area (Å²) in [6.45, 7) is 0. The number of benzene rings is 2. The van der Waals surface area contributed by atoms with Gasteiger partial charge >= 0.3 is 0 Å². The van der Waals surface area contributed by atoms with Crippen molar-refractivity contribution in [2.75, 3.05) is 0 Å². The van der Waals surface area contributed by atoms with Crippen molar-refractivity contribution in [1.29, 1.82) is 0 Å². The second-order valence-corrected chi connectivity index (χ2v) is 6.49. The molecule has 0 saturated heterocycles. The van der Waals surface area contributed by atoms with Gasteiger partial charge in [0.2, 0.25) is 0 Å². The Morgan fingerprint density at radius 2 is 0.952 bits per heavy atom. The van der Waals surface area contributed by atoms with Gasteiger partial charge in [-0.25, -0.2) is 0 Å². The molecule has 0 spiro atoms. The highest BCUT2D eigenvalue weighted by molar-refractivity contribution is 6.49. The first-order valence-corrected chi connectivity index (χ1v) is 7.71. The molecule has 0 radical (unpaired) electrons. The molecule has 0 amide bonds. The Balaban J connectivity index is 2.54. The van der Waals surface area contributed by atoms with Crippen molar-refractivity contribution in [1.82, 2.24) is 0 Å². The van der Waals surface area contributed by atoms with E-state index in [1.807, 2.05) is 0 Å². The maximum atomic E-state index is 10.00. The average molecular weight is 407 g/mol. The van der Waals surface area contributed by atoms with E-state index < -0.39 is 0 Å². The highest BCUT2D eigenvalue weighted by Gasteiger charge is 2.18. The van der Waals surface area contributed by atoms with Crippen LogP contribution in [0.3, 0.4) is 0 Å². The number of phenolic OH excluding ortho intramolecular Hbond substituents is 2. The van der Waals surface area contributed by atoms with E-state index in [2.05, 4.69) is 0 Å². The summed E-state index contributed by atoms with van der Waals surface area (Å²) < 4.78 is 0. The van der Waals surface area contributed by atoms with Crippen molar-refractivity contribution in [3.05, 3.63) is 53.4 Å². The molecule has 0 saturated carbocycles. The molecule has 2 rings (SSSR count). The topological polar surface area (TPSA) is 40.5 Å². The lowest BCUT2D eigenvalue weighted by Gasteiger charge is -2.12. The van der Waals surface area contributed by atoms with Gasteiger partial charge in [0.25, 0.3) is 0 Å². The SMILES string of the molecule is Oc1c(Cc2cc(Cl)c(Cl)c(Cl)c2O)cc(Cl)c(Cl)c1Cl. The average Bonchev–Trinajstić information content (AvgIpc) is 2.45. The van der Waals surface area contributed by atoms with Gasteiger partial charge in [-0.05, 0) is 12.1 Å². The minimum atomic E-state index is -0.229. The molecular formula is C13H6Cl6O2. The molecule has 2 aromatic rings. The third-order valence-electron chi connectivity index (χ3n) is 2.81. The minimum Gasteiger partial charge on any atom is -0.506 e. The smallest absolute Gasteiger partial charge is 0.139 e.